The summed E-state index contributed by atoms with van der Waals surface area (Å²) >= 11 is 0. The summed E-state index contributed by atoms with van der Waals surface area (Å²) < 4.78 is 0. The first-order valence-corrected chi connectivity index (χ1v) is 6.47. The van der Waals surface area contributed by atoms with Crippen LogP contribution in [0.3, 0.4) is 0 Å². The SMILES string of the molecule is CC#CCCNC(=O)NC(Cc1ccc(O)cc1)C(=O)O. The fourth-order valence-electron chi connectivity index (χ4n) is 1.64. The summed E-state index contributed by atoms with van der Waals surface area (Å²) in [4.78, 5) is 22.8. The third kappa shape index (κ3) is 6.34. The number of benzene rings is 1. The van der Waals surface area contributed by atoms with Gasteiger partial charge in [0, 0.05) is 19.4 Å². The molecule has 6 nitrogen and oxygen atoms in total. The van der Waals surface area contributed by atoms with E-state index in [2.05, 4.69) is 22.5 Å². The molecular weight excluding hydrogens is 272 g/mol. The number of carbonyl (C=O) groups is 2. The summed E-state index contributed by atoms with van der Waals surface area (Å²) in [6.45, 7) is 2.07. The minimum Gasteiger partial charge on any atom is -0.508 e. The molecule has 1 atom stereocenters. The maximum absolute atomic E-state index is 11.6. The third-order valence-corrected chi connectivity index (χ3v) is 2.69. The van der Waals surface area contributed by atoms with Gasteiger partial charge in [0.2, 0.25) is 0 Å². The molecule has 0 aliphatic carbocycles. The number of hydrogen-bond acceptors (Lipinski definition) is 3. The summed E-state index contributed by atoms with van der Waals surface area (Å²) in [7, 11) is 0. The van der Waals surface area contributed by atoms with Crippen LogP contribution in [0.25, 0.3) is 0 Å². The smallest absolute Gasteiger partial charge is 0.326 e. The highest BCUT2D eigenvalue weighted by atomic mass is 16.4. The van der Waals surface area contributed by atoms with Crippen LogP contribution in [-0.4, -0.2) is 34.8 Å². The Morgan fingerprint density at radius 3 is 2.52 bits per heavy atom. The van der Waals surface area contributed by atoms with Gasteiger partial charge >= 0.3 is 12.0 Å². The number of urea groups is 1. The second-order valence-corrected chi connectivity index (χ2v) is 4.34. The molecule has 0 bridgehead atoms. The molecule has 0 saturated carbocycles. The normalized spacial score (nSPS) is 10.9. The monoisotopic (exact) mass is 290 g/mol. The fourth-order valence-corrected chi connectivity index (χ4v) is 1.64. The van der Waals surface area contributed by atoms with Gasteiger partial charge in [-0.2, -0.15) is 0 Å². The maximum atomic E-state index is 11.6. The van der Waals surface area contributed by atoms with Gasteiger partial charge in [-0.1, -0.05) is 12.1 Å². The zero-order valence-electron chi connectivity index (χ0n) is 11.7. The summed E-state index contributed by atoms with van der Waals surface area (Å²) in [6.07, 6.45) is 0.650. The average molecular weight is 290 g/mol. The lowest BCUT2D eigenvalue weighted by Gasteiger charge is -2.15. The number of carboxylic acid groups (broad SMARTS) is 1. The molecule has 0 aliphatic rings. The molecule has 4 N–H and O–H groups in total. The summed E-state index contributed by atoms with van der Waals surface area (Å²) in [5.41, 5.74) is 0.706. The van der Waals surface area contributed by atoms with Gasteiger partial charge in [0.15, 0.2) is 0 Å². The maximum Gasteiger partial charge on any atom is 0.326 e. The first-order valence-electron chi connectivity index (χ1n) is 6.47. The minimum absolute atomic E-state index is 0.105. The van der Waals surface area contributed by atoms with Crippen molar-refractivity contribution in [2.24, 2.45) is 0 Å². The Kier molecular flexibility index (Phi) is 6.61. The lowest BCUT2D eigenvalue weighted by Crippen LogP contribution is -2.47. The van der Waals surface area contributed by atoms with Gasteiger partial charge in [-0.3, -0.25) is 0 Å². The Labute approximate surface area is 123 Å². The number of amides is 2. The number of phenolic OH excluding ortho intramolecular Hbond substituents is 1. The van der Waals surface area contributed by atoms with Crippen LogP contribution in [0.4, 0.5) is 4.79 Å². The number of rotatable bonds is 6. The lowest BCUT2D eigenvalue weighted by molar-refractivity contribution is -0.139. The van der Waals surface area contributed by atoms with Crippen LogP contribution in [-0.2, 0) is 11.2 Å². The highest BCUT2D eigenvalue weighted by Crippen LogP contribution is 2.11. The molecule has 1 aromatic carbocycles. The van der Waals surface area contributed by atoms with Crippen molar-refractivity contribution < 1.29 is 19.8 Å². The topological polar surface area (TPSA) is 98.7 Å². The number of carbonyl (C=O) groups excluding carboxylic acids is 1. The van der Waals surface area contributed by atoms with E-state index >= 15 is 0 Å². The molecule has 0 aromatic heterocycles. The van der Waals surface area contributed by atoms with Crippen molar-refractivity contribution >= 4 is 12.0 Å². The zero-order chi connectivity index (χ0) is 15.7. The van der Waals surface area contributed by atoms with Crippen molar-refractivity contribution in [3.8, 4) is 17.6 Å². The Bertz CT molecular complexity index is 543. The number of carboxylic acids is 1. The molecule has 0 aliphatic heterocycles. The predicted molar refractivity (Wildman–Crippen MR) is 77.8 cm³/mol. The van der Waals surface area contributed by atoms with Crippen LogP contribution in [0.5, 0.6) is 5.75 Å². The number of aromatic hydroxyl groups is 1. The van der Waals surface area contributed by atoms with E-state index in [0.717, 1.165) is 0 Å². The second-order valence-electron chi connectivity index (χ2n) is 4.34. The van der Waals surface area contributed by atoms with E-state index < -0.39 is 18.0 Å². The van der Waals surface area contributed by atoms with Gasteiger partial charge in [-0.05, 0) is 24.6 Å². The quantitative estimate of drug-likeness (QED) is 0.466. The second kappa shape index (κ2) is 8.48. The standard InChI is InChI=1S/C15H18N2O4/c1-2-3-4-9-16-15(21)17-13(14(19)20)10-11-5-7-12(18)8-6-11/h5-8,13,18H,4,9-10H2,1H3,(H,19,20)(H2,16,17,21). The van der Waals surface area contributed by atoms with E-state index in [1.165, 1.54) is 12.1 Å². The molecule has 0 radical (unpaired) electrons. The molecule has 21 heavy (non-hydrogen) atoms. The van der Waals surface area contributed by atoms with Crippen LogP contribution in [0.15, 0.2) is 24.3 Å². The first kappa shape index (κ1) is 16.4. The number of phenols is 1. The van der Waals surface area contributed by atoms with Gasteiger partial charge < -0.3 is 20.8 Å². The molecular formula is C15H18N2O4. The van der Waals surface area contributed by atoms with E-state index in [9.17, 15) is 14.7 Å². The van der Waals surface area contributed by atoms with Crippen molar-refractivity contribution in [3.63, 3.8) is 0 Å². The first-order chi connectivity index (χ1) is 10.0. The van der Waals surface area contributed by atoms with Gasteiger partial charge in [0.25, 0.3) is 0 Å². The average Bonchev–Trinajstić information content (AvgIpc) is 2.45. The Morgan fingerprint density at radius 2 is 1.95 bits per heavy atom. The van der Waals surface area contributed by atoms with Crippen LogP contribution in [0.1, 0.15) is 18.9 Å². The Hall–Kier alpha value is -2.68. The van der Waals surface area contributed by atoms with E-state index in [4.69, 9.17) is 5.11 Å². The fraction of sp³-hybridized carbons (Fsp3) is 0.333. The molecule has 1 aromatic rings. The van der Waals surface area contributed by atoms with Crippen molar-refractivity contribution in [2.75, 3.05) is 6.54 Å². The van der Waals surface area contributed by atoms with Gasteiger partial charge in [-0.25, -0.2) is 9.59 Å². The van der Waals surface area contributed by atoms with Crippen LogP contribution in [0.2, 0.25) is 0 Å². The summed E-state index contributed by atoms with van der Waals surface area (Å²) in [5, 5.41) is 23.3. The number of aliphatic carboxylic acids is 1. The molecule has 0 fully saturated rings. The highest BCUT2D eigenvalue weighted by Gasteiger charge is 2.20. The van der Waals surface area contributed by atoms with Crippen molar-refractivity contribution in [3.05, 3.63) is 29.8 Å². The molecule has 2 amide bonds. The number of hydrogen-bond donors (Lipinski definition) is 4. The predicted octanol–water partition coefficient (Wildman–Crippen LogP) is 1.10. The summed E-state index contributed by atoms with van der Waals surface area (Å²) in [6, 6.07) is 4.59. The Morgan fingerprint density at radius 1 is 1.29 bits per heavy atom. The van der Waals surface area contributed by atoms with Gasteiger partial charge in [-0.15, -0.1) is 11.8 Å². The van der Waals surface area contributed by atoms with Crippen molar-refractivity contribution in [2.45, 2.75) is 25.8 Å². The van der Waals surface area contributed by atoms with Gasteiger partial charge in [0.1, 0.15) is 11.8 Å². The third-order valence-electron chi connectivity index (χ3n) is 2.69. The van der Waals surface area contributed by atoms with Crippen LogP contribution < -0.4 is 10.6 Å². The minimum atomic E-state index is -1.12. The zero-order valence-corrected chi connectivity index (χ0v) is 11.7. The largest absolute Gasteiger partial charge is 0.508 e. The lowest BCUT2D eigenvalue weighted by atomic mass is 10.1. The molecule has 6 heteroatoms. The molecule has 0 saturated heterocycles. The molecule has 1 rings (SSSR count). The summed E-state index contributed by atoms with van der Waals surface area (Å²) in [5.74, 6) is 4.48. The molecule has 1 unspecified atom stereocenters. The van der Waals surface area contributed by atoms with E-state index in [1.807, 2.05) is 0 Å². The van der Waals surface area contributed by atoms with Crippen molar-refractivity contribution in [1.29, 1.82) is 0 Å². The molecule has 112 valence electrons. The van der Waals surface area contributed by atoms with Crippen LogP contribution >= 0.6 is 0 Å². The number of nitrogens with one attached hydrogen (secondary N) is 2. The van der Waals surface area contributed by atoms with Crippen LogP contribution in [0, 0.1) is 11.8 Å². The highest BCUT2D eigenvalue weighted by molar-refractivity contribution is 5.82. The Balaban J connectivity index is 2.52. The van der Waals surface area contributed by atoms with Gasteiger partial charge in [0.05, 0.1) is 0 Å². The van der Waals surface area contributed by atoms with E-state index in [1.54, 1.807) is 19.1 Å². The molecule has 0 heterocycles. The van der Waals surface area contributed by atoms with E-state index in [0.29, 0.717) is 18.5 Å². The van der Waals surface area contributed by atoms with Crippen molar-refractivity contribution in [1.82, 2.24) is 10.6 Å². The van der Waals surface area contributed by atoms with E-state index in [-0.39, 0.29) is 12.2 Å². The molecule has 0 spiro atoms.